The molecule has 0 aliphatic carbocycles. The lowest BCUT2D eigenvalue weighted by atomic mass is 10.4. The topological polar surface area (TPSA) is 17.1 Å². The lowest BCUT2D eigenvalue weighted by molar-refractivity contribution is -0.104. The quantitative estimate of drug-likeness (QED) is 0.414. The summed E-state index contributed by atoms with van der Waals surface area (Å²) in [6, 6.07) is 10.1. The average molecular weight is 192 g/mol. The Labute approximate surface area is 82.9 Å². The van der Waals surface area contributed by atoms with Gasteiger partial charge < -0.3 is 0 Å². The first-order chi connectivity index (χ1) is 6.36. The van der Waals surface area contributed by atoms with Crippen LogP contribution in [0, 0.1) is 0 Å². The van der Waals surface area contributed by atoms with E-state index in [4.69, 9.17) is 0 Å². The summed E-state index contributed by atoms with van der Waals surface area (Å²) >= 11 is 1.64. The van der Waals surface area contributed by atoms with E-state index in [2.05, 4.69) is 0 Å². The molecular weight excluding hydrogens is 180 g/mol. The van der Waals surface area contributed by atoms with Crippen LogP contribution in [0.2, 0.25) is 0 Å². The average Bonchev–Trinajstić information content (AvgIpc) is 2.19. The van der Waals surface area contributed by atoms with E-state index in [1.54, 1.807) is 17.8 Å². The number of rotatable bonds is 4. The van der Waals surface area contributed by atoms with E-state index in [9.17, 15) is 4.79 Å². The van der Waals surface area contributed by atoms with E-state index in [1.807, 2.05) is 37.3 Å². The Morgan fingerprint density at radius 1 is 1.38 bits per heavy atom. The molecule has 0 radical (unpaired) electrons. The van der Waals surface area contributed by atoms with Crippen molar-refractivity contribution >= 4 is 18.0 Å². The summed E-state index contributed by atoms with van der Waals surface area (Å²) in [7, 11) is 0. The Morgan fingerprint density at radius 2 is 2.08 bits per heavy atom. The van der Waals surface area contributed by atoms with Crippen LogP contribution < -0.4 is 0 Å². The predicted octanol–water partition coefficient (Wildman–Crippen LogP) is 3.27. The van der Waals surface area contributed by atoms with Crippen LogP contribution in [0.4, 0.5) is 0 Å². The van der Waals surface area contributed by atoms with Gasteiger partial charge in [-0.15, -0.1) is 0 Å². The molecule has 0 N–H and O–H groups in total. The molecule has 1 rings (SSSR count). The molecule has 0 saturated carbocycles. The third-order valence-corrected chi connectivity index (χ3v) is 2.79. The first-order valence-electron chi connectivity index (χ1n) is 4.24. The summed E-state index contributed by atoms with van der Waals surface area (Å²) < 4.78 is 0. The third-order valence-electron chi connectivity index (χ3n) is 1.59. The second-order valence-electron chi connectivity index (χ2n) is 2.54. The summed E-state index contributed by atoms with van der Waals surface area (Å²) in [5.41, 5.74) is 0. The highest BCUT2D eigenvalue weighted by atomic mass is 32.2. The van der Waals surface area contributed by atoms with Gasteiger partial charge >= 0.3 is 0 Å². The fourth-order valence-electron chi connectivity index (χ4n) is 0.940. The lowest BCUT2D eigenvalue weighted by Gasteiger charge is -2.01. The summed E-state index contributed by atoms with van der Waals surface area (Å²) in [4.78, 5) is 12.6. The molecule has 0 saturated heterocycles. The molecule has 0 aliphatic heterocycles. The zero-order valence-corrected chi connectivity index (χ0v) is 8.38. The van der Waals surface area contributed by atoms with Gasteiger partial charge in [0.15, 0.2) is 0 Å². The van der Waals surface area contributed by atoms with Gasteiger partial charge in [0.1, 0.15) is 6.29 Å². The maximum atomic E-state index is 10.3. The van der Waals surface area contributed by atoms with Crippen molar-refractivity contribution in [3.63, 3.8) is 0 Å². The molecule has 1 nitrogen and oxygen atoms in total. The van der Waals surface area contributed by atoms with Crippen LogP contribution in [0.25, 0.3) is 0 Å². The van der Waals surface area contributed by atoms with Crippen molar-refractivity contribution < 1.29 is 4.79 Å². The van der Waals surface area contributed by atoms with Crippen LogP contribution in [0.15, 0.2) is 46.2 Å². The number of carbonyl (C=O) groups excluding carboxylic acids is 1. The number of carbonyl (C=O) groups is 1. The molecule has 1 aromatic carbocycles. The molecule has 2 heteroatoms. The number of benzene rings is 1. The van der Waals surface area contributed by atoms with Gasteiger partial charge in [0, 0.05) is 4.90 Å². The van der Waals surface area contributed by atoms with Crippen LogP contribution in [-0.4, -0.2) is 6.29 Å². The van der Waals surface area contributed by atoms with Gasteiger partial charge in [-0.25, -0.2) is 0 Å². The minimum atomic E-state index is 0.842. The van der Waals surface area contributed by atoms with Crippen LogP contribution in [-0.2, 0) is 4.79 Å². The molecule has 0 fully saturated rings. The molecule has 1 aromatic rings. The molecule has 0 aliphatic rings. The monoisotopic (exact) mass is 192 g/mol. The van der Waals surface area contributed by atoms with Crippen molar-refractivity contribution in [1.29, 1.82) is 0 Å². The van der Waals surface area contributed by atoms with Gasteiger partial charge in [-0.1, -0.05) is 36.9 Å². The molecule has 0 amide bonds. The molecule has 68 valence electrons. The Morgan fingerprint density at radius 3 is 2.62 bits per heavy atom. The van der Waals surface area contributed by atoms with Gasteiger partial charge in [-0.3, -0.25) is 4.79 Å². The Hall–Kier alpha value is -1.02. The summed E-state index contributed by atoms with van der Waals surface area (Å²) in [5, 5.41) is 0. The van der Waals surface area contributed by atoms with E-state index in [0.717, 1.165) is 17.6 Å². The molecule has 0 spiro atoms. The molecule has 13 heavy (non-hydrogen) atoms. The van der Waals surface area contributed by atoms with Crippen LogP contribution in [0.3, 0.4) is 0 Å². The second-order valence-corrected chi connectivity index (χ2v) is 3.74. The van der Waals surface area contributed by atoms with Gasteiger partial charge in [0.05, 0.1) is 0 Å². The van der Waals surface area contributed by atoms with E-state index in [0.29, 0.717) is 0 Å². The van der Waals surface area contributed by atoms with Gasteiger partial charge in [0.2, 0.25) is 0 Å². The van der Waals surface area contributed by atoms with E-state index in [-0.39, 0.29) is 0 Å². The van der Waals surface area contributed by atoms with Crippen molar-refractivity contribution in [1.82, 2.24) is 0 Å². The van der Waals surface area contributed by atoms with Crippen molar-refractivity contribution in [2.75, 3.05) is 0 Å². The van der Waals surface area contributed by atoms with Gasteiger partial charge in [-0.05, 0) is 29.5 Å². The first-order valence-corrected chi connectivity index (χ1v) is 5.05. The molecule has 0 aromatic heterocycles. The zero-order chi connectivity index (χ0) is 9.52. The Balaban J connectivity index is 2.67. The number of aldehydes is 1. The minimum absolute atomic E-state index is 0.842. The highest BCUT2D eigenvalue weighted by Gasteiger charge is 1.96. The Kier molecular flexibility index (Phi) is 4.33. The van der Waals surface area contributed by atoms with Crippen molar-refractivity contribution in [2.45, 2.75) is 18.2 Å². The fourth-order valence-corrected chi connectivity index (χ4v) is 1.80. The van der Waals surface area contributed by atoms with Gasteiger partial charge in [0.25, 0.3) is 0 Å². The van der Waals surface area contributed by atoms with Crippen molar-refractivity contribution in [3.8, 4) is 0 Å². The van der Waals surface area contributed by atoms with E-state index < -0.39 is 0 Å². The van der Waals surface area contributed by atoms with E-state index >= 15 is 0 Å². The Bertz CT molecular complexity index is 290. The standard InChI is InChI=1S/C11H12OS/c1-2-10(8-9-12)13-11-6-4-3-5-7-11/h3-9H,2H2,1H3/b10-8-. The maximum absolute atomic E-state index is 10.3. The molecular formula is C11H12OS. The lowest BCUT2D eigenvalue weighted by Crippen LogP contribution is -1.76. The smallest absolute Gasteiger partial charge is 0.143 e. The number of allylic oxidation sites excluding steroid dienone is 2. The highest BCUT2D eigenvalue weighted by Crippen LogP contribution is 2.27. The molecule has 0 atom stereocenters. The van der Waals surface area contributed by atoms with Gasteiger partial charge in [-0.2, -0.15) is 0 Å². The maximum Gasteiger partial charge on any atom is 0.143 e. The van der Waals surface area contributed by atoms with Crippen LogP contribution in [0.1, 0.15) is 13.3 Å². The number of hydrogen-bond donors (Lipinski definition) is 0. The summed E-state index contributed by atoms with van der Waals surface area (Å²) in [5.74, 6) is 0. The normalized spacial score (nSPS) is 11.3. The molecule has 0 bridgehead atoms. The SMILES string of the molecule is CC/C(=C/C=O)Sc1ccccc1. The molecule has 0 unspecified atom stereocenters. The second kappa shape index (κ2) is 5.60. The van der Waals surface area contributed by atoms with Crippen LogP contribution >= 0.6 is 11.8 Å². The van der Waals surface area contributed by atoms with Crippen LogP contribution in [0.5, 0.6) is 0 Å². The number of thioether (sulfide) groups is 1. The summed E-state index contributed by atoms with van der Waals surface area (Å²) in [6.45, 7) is 2.05. The third kappa shape index (κ3) is 3.47. The predicted molar refractivity (Wildman–Crippen MR) is 56.7 cm³/mol. The zero-order valence-electron chi connectivity index (χ0n) is 7.57. The number of hydrogen-bond acceptors (Lipinski definition) is 2. The first kappa shape index (κ1) is 10.1. The highest BCUT2D eigenvalue weighted by molar-refractivity contribution is 8.03. The molecule has 0 heterocycles. The fraction of sp³-hybridized carbons (Fsp3) is 0.182. The minimum Gasteiger partial charge on any atom is -0.299 e. The summed E-state index contributed by atoms with van der Waals surface area (Å²) in [6.07, 6.45) is 3.37. The van der Waals surface area contributed by atoms with E-state index in [1.165, 1.54) is 4.90 Å². The largest absolute Gasteiger partial charge is 0.299 e. The van der Waals surface area contributed by atoms with Crippen molar-refractivity contribution in [3.05, 3.63) is 41.3 Å². The van der Waals surface area contributed by atoms with Crippen molar-refractivity contribution in [2.24, 2.45) is 0 Å².